The van der Waals surface area contributed by atoms with Gasteiger partial charge in [0.2, 0.25) is 11.8 Å². The summed E-state index contributed by atoms with van der Waals surface area (Å²) in [6.07, 6.45) is 1.67. The third-order valence-electron chi connectivity index (χ3n) is 6.71. The Morgan fingerprint density at radius 1 is 1.27 bits per heavy atom. The van der Waals surface area contributed by atoms with E-state index in [1.54, 1.807) is 17.0 Å². The molecule has 3 unspecified atom stereocenters. The first kappa shape index (κ1) is 32.0. The van der Waals surface area contributed by atoms with Gasteiger partial charge in [-0.2, -0.15) is 0 Å². The summed E-state index contributed by atoms with van der Waals surface area (Å²) >= 11 is 2.02. The molecular weight excluding hydrogens is 633 g/mol. The molecule has 1 aromatic rings. The zero-order chi connectivity index (χ0) is 29.2. The number of halogens is 1. The number of hydrogen-bond acceptors (Lipinski definition) is 9. The van der Waals surface area contributed by atoms with Gasteiger partial charge in [-0.05, 0) is 54.6 Å². The molecular formula is C28H38IN3O8. The summed E-state index contributed by atoms with van der Waals surface area (Å²) < 4.78 is 17.7. The maximum atomic E-state index is 13.5. The van der Waals surface area contributed by atoms with E-state index in [2.05, 4.69) is 10.2 Å². The van der Waals surface area contributed by atoms with Crippen LogP contribution in [-0.2, 0) is 14.3 Å². The topological polar surface area (TPSA) is 138 Å². The van der Waals surface area contributed by atoms with Crippen molar-refractivity contribution < 1.29 is 38.8 Å². The van der Waals surface area contributed by atoms with Crippen molar-refractivity contribution in [1.82, 2.24) is 15.1 Å². The van der Waals surface area contributed by atoms with Gasteiger partial charge in [-0.15, -0.1) is 0 Å². The Morgan fingerprint density at radius 2 is 2.00 bits per heavy atom. The fourth-order valence-electron chi connectivity index (χ4n) is 4.68. The Bertz CT molecular complexity index is 1120. The summed E-state index contributed by atoms with van der Waals surface area (Å²) in [6, 6.07) is 2.39. The number of rotatable bonds is 12. The Morgan fingerprint density at radius 3 is 2.62 bits per heavy atom. The lowest BCUT2D eigenvalue weighted by Gasteiger charge is -2.41. The molecule has 11 nitrogen and oxygen atoms in total. The molecule has 40 heavy (non-hydrogen) atoms. The van der Waals surface area contributed by atoms with Gasteiger partial charge in [0.05, 0.1) is 36.5 Å². The van der Waals surface area contributed by atoms with Crippen LogP contribution < -0.4 is 14.8 Å². The number of benzene rings is 1. The summed E-state index contributed by atoms with van der Waals surface area (Å²) in [7, 11) is 1.45. The van der Waals surface area contributed by atoms with Crippen molar-refractivity contribution in [3.05, 3.63) is 44.6 Å². The maximum absolute atomic E-state index is 13.5. The number of nitrogens with zero attached hydrogens (tertiary/aromatic N) is 2. The third kappa shape index (κ3) is 8.49. The number of hydrogen-bond donors (Lipinski definition) is 3. The van der Waals surface area contributed by atoms with E-state index in [0.29, 0.717) is 58.8 Å². The van der Waals surface area contributed by atoms with Gasteiger partial charge in [-0.3, -0.25) is 19.3 Å². The number of aliphatic hydroxyl groups excluding tert-OH is 2. The molecule has 1 aliphatic carbocycles. The fraction of sp³-hybridized carbons (Fsp3) is 0.536. The second-order valence-corrected chi connectivity index (χ2v) is 11.0. The van der Waals surface area contributed by atoms with E-state index in [-0.39, 0.29) is 25.5 Å². The molecule has 220 valence electrons. The number of aldehydes is 1. The largest absolute Gasteiger partial charge is 0.493 e. The Balaban J connectivity index is 1.98. The van der Waals surface area contributed by atoms with E-state index < -0.39 is 24.2 Å². The summed E-state index contributed by atoms with van der Waals surface area (Å²) in [6.45, 7) is 7.11. The van der Waals surface area contributed by atoms with Crippen LogP contribution in [0, 0.1) is 3.57 Å². The average molecular weight is 672 g/mol. The van der Waals surface area contributed by atoms with Crippen molar-refractivity contribution in [2.24, 2.45) is 0 Å². The van der Waals surface area contributed by atoms with Crippen LogP contribution in [0.2, 0.25) is 0 Å². The number of morpholine rings is 1. The van der Waals surface area contributed by atoms with Crippen LogP contribution in [-0.4, -0.2) is 116 Å². The van der Waals surface area contributed by atoms with Crippen LogP contribution in [0.5, 0.6) is 11.5 Å². The van der Waals surface area contributed by atoms with E-state index in [9.17, 15) is 24.6 Å². The first-order valence-electron chi connectivity index (χ1n) is 13.2. The molecule has 2 amide bonds. The highest BCUT2D eigenvalue weighted by molar-refractivity contribution is 14.1. The molecule has 1 fully saturated rings. The summed E-state index contributed by atoms with van der Waals surface area (Å²) in [5.74, 6) is -0.0797. The van der Waals surface area contributed by atoms with Crippen molar-refractivity contribution in [3.8, 4) is 11.5 Å². The first-order chi connectivity index (χ1) is 19.2. The predicted octanol–water partition coefficient (Wildman–Crippen LogP) is 1.15. The first-order valence-corrected chi connectivity index (χ1v) is 14.3. The molecule has 3 atom stereocenters. The molecule has 3 rings (SSSR count). The number of nitrogens with one attached hydrogen (secondary N) is 1. The van der Waals surface area contributed by atoms with E-state index >= 15 is 0 Å². The Labute approximate surface area is 248 Å². The highest BCUT2D eigenvalue weighted by Gasteiger charge is 2.40. The summed E-state index contributed by atoms with van der Waals surface area (Å²) in [5.41, 5.74) is 1.54. The molecule has 3 N–H and O–H groups in total. The summed E-state index contributed by atoms with van der Waals surface area (Å²) in [5, 5.41) is 23.5. The van der Waals surface area contributed by atoms with E-state index in [1.165, 1.54) is 19.3 Å². The molecule has 1 aliphatic heterocycles. The molecule has 1 heterocycles. The molecule has 0 aromatic heterocycles. The van der Waals surface area contributed by atoms with Crippen molar-refractivity contribution in [3.63, 3.8) is 0 Å². The zero-order valence-corrected chi connectivity index (χ0v) is 25.3. The van der Waals surface area contributed by atoms with Crippen LogP contribution in [0.1, 0.15) is 30.6 Å². The minimum atomic E-state index is -1.18. The second kappa shape index (κ2) is 15.5. The van der Waals surface area contributed by atoms with Crippen LogP contribution >= 0.6 is 22.6 Å². The van der Waals surface area contributed by atoms with Crippen LogP contribution in [0.25, 0.3) is 0 Å². The van der Waals surface area contributed by atoms with E-state index in [1.807, 2.05) is 36.4 Å². The third-order valence-corrected chi connectivity index (χ3v) is 7.51. The molecule has 2 aliphatic rings. The lowest BCUT2D eigenvalue weighted by molar-refractivity contribution is -0.134. The number of carbonyl (C=O) groups is 3. The van der Waals surface area contributed by atoms with Crippen molar-refractivity contribution in [2.75, 3.05) is 59.7 Å². The van der Waals surface area contributed by atoms with Gasteiger partial charge in [-0.25, -0.2) is 0 Å². The molecule has 0 bridgehead atoms. The van der Waals surface area contributed by atoms with Crippen LogP contribution in [0.15, 0.2) is 35.4 Å². The van der Waals surface area contributed by atoms with Crippen molar-refractivity contribution >= 4 is 40.7 Å². The van der Waals surface area contributed by atoms with Gasteiger partial charge in [0, 0.05) is 56.4 Å². The minimum Gasteiger partial charge on any atom is -0.493 e. The zero-order valence-electron chi connectivity index (χ0n) is 23.1. The van der Waals surface area contributed by atoms with Gasteiger partial charge in [0.25, 0.3) is 0 Å². The molecule has 1 aromatic carbocycles. The average Bonchev–Trinajstić information content (AvgIpc) is 2.94. The highest BCUT2D eigenvalue weighted by atomic mass is 127. The number of methoxy groups -OCH3 is 1. The van der Waals surface area contributed by atoms with Crippen molar-refractivity contribution in [1.29, 1.82) is 0 Å². The van der Waals surface area contributed by atoms with Gasteiger partial charge < -0.3 is 34.6 Å². The van der Waals surface area contributed by atoms with Gasteiger partial charge in [-0.1, -0.05) is 5.57 Å². The normalized spacial score (nSPS) is 21.1. The monoisotopic (exact) mass is 671 g/mol. The highest BCUT2D eigenvalue weighted by Crippen LogP contribution is 2.37. The van der Waals surface area contributed by atoms with Gasteiger partial charge in [0.15, 0.2) is 11.5 Å². The van der Waals surface area contributed by atoms with Crippen LogP contribution in [0.4, 0.5) is 0 Å². The quantitative estimate of drug-likeness (QED) is 0.170. The molecule has 0 radical (unpaired) electrons. The number of ether oxygens (including phenoxy) is 3. The van der Waals surface area contributed by atoms with Gasteiger partial charge in [0.1, 0.15) is 18.5 Å². The molecule has 12 heteroatoms. The van der Waals surface area contributed by atoms with Gasteiger partial charge >= 0.3 is 0 Å². The second-order valence-electron chi connectivity index (χ2n) is 9.88. The Kier molecular flexibility index (Phi) is 12.4. The van der Waals surface area contributed by atoms with E-state index in [4.69, 9.17) is 14.2 Å². The standard InChI is InChI=1S/C28H38IN3O8/c1-18(2)12-25(35)32(6-5-31-7-10-39-11-8-31)22-15-20(28(37)30-4-9-33)16-23(26(22)36)40-27-21(29)13-19(17-34)14-24(27)38-3/h12-14,16-17,22-23,26,33,36H,4-11,15H2,1-3H3,(H,30,37). The lowest BCUT2D eigenvalue weighted by atomic mass is 9.88. The SMILES string of the molecule is COc1cc(C=O)cc(I)c1OC1C=C(C(=O)NCCO)CC(N(CCN2CCOCC2)C(=O)C=C(C)C)C1O. The maximum Gasteiger partial charge on any atom is 0.247 e. The smallest absolute Gasteiger partial charge is 0.247 e. The van der Waals surface area contributed by atoms with E-state index in [0.717, 1.165) is 18.7 Å². The van der Waals surface area contributed by atoms with Crippen molar-refractivity contribution in [2.45, 2.75) is 38.5 Å². The molecule has 0 spiro atoms. The number of amides is 2. The molecule has 1 saturated heterocycles. The molecule has 0 saturated carbocycles. The number of allylic oxidation sites excluding steroid dienone is 1. The number of aliphatic hydroxyl groups is 2. The lowest BCUT2D eigenvalue weighted by Crippen LogP contribution is -2.56. The van der Waals surface area contributed by atoms with Crippen LogP contribution in [0.3, 0.4) is 0 Å². The Hall–Kier alpha value is -2.52. The summed E-state index contributed by atoms with van der Waals surface area (Å²) in [4.78, 5) is 41.6. The number of carbonyl (C=O) groups excluding carboxylic acids is 3. The fourth-order valence-corrected chi connectivity index (χ4v) is 5.43. The predicted molar refractivity (Wildman–Crippen MR) is 157 cm³/mol. The minimum absolute atomic E-state index is 0.0608.